The van der Waals surface area contributed by atoms with Crippen LogP contribution in [0.25, 0.3) is 0 Å². The van der Waals surface area contributed by atoms with E-state index in [-0.39, 0.29) is 12.2 Å². The molecule has 21 heavy (non-hydrogen) atoms. The van der Waals surface area contributed by atoms with Gasteiger partial charge in [-0.1, -0.05) is 18.2 Å². The number of nitrogens with one attached hydrogen (secondary N) is 1. The van der Waals surface area contributed by atoms with Crippen LogP contribution in [0, 0.1) is 18.6 Å². The highest BCUT2D eigenvalue weighted by atomic mass is 19.1. The van der Waals surface area contributed by atoms with Crippen LogP contribution in [-0.4, -0.2) is 14.2 Å². The number of hydrogen-bond acceptors (Lipinski definition) is 3. The molecule has 0 aliphatic carbocycles. The van der Waals surface area contributed by atoms with Crippen molar-refractivity contribution >= 4 is 5.69 Å². The van der Waals surface area contributed by atoms with Gasteiger partial charge in [-0.15, -0.1) is 0 Å². The summed E-state index contributed by atoms with van der Waals surface area (Å²) in [5.41, 5.74) is 0.994. The summed E-state index contributed by atoms with van der Waals surface area (Å²) < 4.78 is 38.1. The van der Waals surface area contributed by atoms with Crippen molar-refractivity contribution in [2.75, 3.05) is 19.5 Å². The van der Waals surface area contributed by atoms with Crippen LogP contribution in [0.3, 0.4) is 0 Å². The minimum atomic E-state index is -0.625. The molecule has 0 aliphatic heterocycles. The van der Waals surface area contributed by atoms with Crippen LogP contribution < -0.4 is 14.8 Å². The van der Waals surface area contributed by atoms with Crippen molar-refractivity contribution in [1.29, 1.82) is 0 Å². The molecule has 0 fully saturated rings. The summed E-state index contributed by atoms with van der Waals surface area (Å²) in [6, 6.07) is 8.00. The van der Waals surface area contributed by atoms with E-state index in [1.807, 2.05) is 0 Å². The van der Waals surface area contributed by atoms with Gasteiger partial charge in [0.15, 0.2) is 17.3 Å². The van der Waals surface area contributed by atoms with E-state index in [4.69, 9.17) is 9.47 Å². The Balaban J connectivity index is 2.27. The standard InChI is InChI=1S/C16H17F2NO2/c1-10-7-8-12(17)15(14(10)18)19-9-11-5-4-6-13(20-2)16(11)21-3/h4-8,19H,9H2,1-3H3. The fourth-order valence-corrected chi connectivity index (χ4v) is 2.10. The SMILES string of the molecule is COc1cccc(CNc2c(F)ccc(C)c2F)c1OC. The lowest BCUT2D eigenvalue weighted by Crippen LogP contribution is -2.06. The smallest absolute Gasteiger partial charge is 0.165 e. The fourth-order valence-electron chi connectivity index (χ4n) is 2.10. The van der Waals surface area contributed by atoms with E-state index in [2.05, 4.69) is 5.32 Å². The molecule has 0 saturated carbocycles. The molecule has 2 aromatic carbocycles. The van der Waals surface area contributed by atoms with Gasteiger partial charge in [-0.2, -0.15) is 0 Å². The molecular weight excluding hydrogens is 276 g/mol. The van der Waals surface area contributed by atoms with Crippen LogP contribution in [0.4, 0.5) is 14.5 Å². The average molecular weight is 293 g/mol. The Bertz CT molecular complexity index is 644. The molecule has 2 rings (SSSR count). The number of ether oxygens (including phenoxy) is 2. The molecule has 1 N–H and O–H groups in total. The highest BCUT2D eigenvalue weighted by Crippen LogP contribution is 2.31. The van der Waals surface area contributed by atoms with Crippen LogP contribution in [0.15, 0.2) is 30.3 Å². The quantitative estimate of drug-likeness (QED) is 0.907. The Morgan fingerprint density at radius 2 is 1.81 bits per heavy atom. The predicted molar refractivity (Wildman–Crippen MR) is 78.0 cm³/mol. The number of anilines is 1. The second-order valence-electron chi connectivity index (χ2n) is 4.56. The van der Waals surface area contributed by atoms with Gasteiger partial charge in [-0.25, -0.2) is 8.78 Å². The Hall–Kier alpha value is -2.30. The lowest BCUT2D eigenvalue weighted by Gasteiger charge is -2.14. The highest BCUT2D eigenvalue weighted by Gasteiger charge is 2.13. The van der Waals surface area contributed by atoms with Crippen molar-refractivity contribution in [2.45, 2.75) is 13.5 Å². The van der Waals surface area contributed by atoms with E-state index in [1.165, 1.54) is 26.4 Å². The normalized spacial score (nSPS) is 10.3. The van der Waals surface area contributed by atoms with E-state index in [0.717, 1.165) is 5.56 Å². The summed E-state index contributed by atoms with van der Waals surface area (Å²) >= 11 is 0. The highest BCUT2D eigenvalue weighted by molar-refractivity contribution is 5.52. The molecule has 0 spiro atoms. The molecule has 0 amide bonds. The summed E-state index contributed by atoms with van der Waals surface area (Å²) in [6.07, 6.45) is 0. The van der Waals surface area contributed by atoms with E-state index in [9.17, 15) is 8.78 Å². The molecule has 0 saturated heterocycles. The van der Waals surface area contributed by atoms with Crippen molar-refractivity contribution < 1.29 is 18.3 Å². The van der Waals surface area contributed by atoms with Gasteiger partial charge >= 0.3 is 0 Å². The zero-order valence-corrected chi connectivity index (χ0v) is 12.2. The Kier molecular flexibility index (Phi) is 4.62. The molecule has 112 valence electrons. The van der Waals surface area contributed by atoms with Gasteiger partial charge < -0.3 is 14.8 Å². The zero-order chi connectivity index (χ0) is 15.4. The third kappa shape index (κ3) is 3.07. The van der Waals surface area contributed by atoms with Gasteiger partial charge in [-0.3, -0.25) is 0 Å². The van der Waals surface area contributed by atoms with E-state index in [1.54, 1.807) is 25.1 Å². The van der Waals surface area contributed by atoms with E-state index >= 15 is 0 Å². The first-order valence-corrected chi connectivity index (χ1v) is 6.46. The van der Waals surface area contributed by atoms with Gasteiger partial charge in [0.25, 0.3) is 0 Å². The molecule has 3 nitrogen and oxygen atoms in total. The first-order chi connectivity index (χ1) is 10.1. The van der Waals surface area contributed by atoms with Crippen molar-refractivity contribution in [2.24, 2.45) is 0 Å². The van der Waals surface area contributed by atoms with Crippen LogP contribution in [0.2, 0.25) is 0 Å². The van der Waals surface area contributed by atoms with Crippen molar-refractivity contribution in [3.63, 3.8) is 0 Å². The lowest BCUT2D eigenvalue weighted by molar-refractivity contribution is 0.352. The second-order valence-corrected chi connectivity index (χ2v) is 4.56. The topological polar surface area (TPSA) is 30.5 Å². The summed E-state index contributed by atoms with van der Waals surface area (Å²) in [6.45, 7) is 1.81. The maximum absolute atomic E-state index is 13.9. The zero-order valence-electron chi connectivity index (χ0n) is 12.2. The number of methoxy groups -OCH3 is 2. The predicted octanol–water partition coefficient (Wildman–Crippen LogP) is 3.90. The number of benzene rings is 2. The maximum Gasteiger partial charge on any atom is 0.165 e. The third-order valence-corrected chi connectivity index (χ3v) is 3.22. The molecule has 0 aromatic heterocycles. The minimum Gasteiger partial charge on any atom is -0.493 e. The number of halogens is 2. The van der Waals surface area contributed by atoms with Gasteiger partial charge in [0.05, 0.1) is 14.2 Å². The number of rotatable bonds is 5. The minimum absolute atomic E-state index is 0.139. The lowest BCUT2D eigenvalue weighted by atomic mass is 10.1. The Morgan fingerprint density at radius 1 is 1.05 bits per heavy atom. The first kappa shape index (κ1) is 15.1. The molecule has 0 unspecified atom stereocenters. The van der Waals surface area contributed by atoms with Crippen molar-refractivity contribution in [3.05, 3.63) is 53.1 Å². The van der Waals surface area contributed by atoms with Crippen molar-refractivity contribution in [3.8, 4) is 11.5 Å². The van der Waals surface area contributed by atoms with Gasteiger partial charge in [0.2, 0.25) is 0 Å². The molecule has 0 atom stereocenters. The molecule has 5 heteroatoms. The number of para-hydroxylation sites is 1. The van der Waals surface area contributed by atoms with Gasteiger partial charge in [-0.05, 0) is 24.6 Å². The fraction of sp³-hybridized carbons (Fsp3) is 0.250. The van der Waals surface area contributed by atoms with E-state index < -0.39 is 11.6 Å². The van der Waals surface area contributed by atoms with Crippen molar-refractivity contribution in [1.82, 2.24) is 0 Å². The van der Waals surface area contributed by atoms with E-state index in [0.29, 0.717) is 17.1 Å². The summed E-state index contributed by atoms with van der Waals surface area (Å²) in [4.78, 5) is 0. The molecule has 0 bridgehead atoms. The van der Waals surface area contributed by atoms with Crippen LogP contribution in [0.5, 0.6) is 11.5 Å². The summed E-state index contributed by atoms with van der Waals surface area (Å²) in [5.74, 6) is -0.0974. The Labute approximate surface area is 122 Å². The molecule has 2 aromatic rings. The van der Waals surface area contributed by atoms with Crippen LogP contribution in [0.1, 0.15) is 11.1 Å². The average Bonchev–Trinajstić information content (AvgIpc) is 2.50. The van der Waals surface area contributed by atoms with Gasteiger partial charge in [0.1, 0.15) is 11.5 Å². The maximum atomic E-state index is 13.9. The Morgan fingerprint density at radius 3 is 2.48 bits per heavy atom. The number of hydrogen-bond donors (Lipinski definition) is 1. The van der Waals surface area contributed by atoms with Crippen LogP contribution in [-0.2, 0) is 6.54 Å². The molecular formula is C16H17F2NO2. The van der Waals surface area contributed by atoms with Gasteiger partial charge in [0, 0.05) is 12.1 Å². The van der Waals surface area contributed by atoms with Crippen LogP contribution >= 0.6 is 0 Å². The third-order valence-electron chi connectivity index (χ3n) is 3.22. The summed E-state index contributed by atoms with van der Waals surface area (Å²) in [7, 11) is 3.06. The monoisotopic (exact) mass is 293 g/mol. The number of aryl methyl sites for hydroxylation is 1. The second kappa shape index (κ2) is 6.43. The first-order valence-electron chi connectivity index (χ1n) is 6.46. The largest absolute Gasteiger partial charge is 0.493 e. The molecule has 0 aliphatic rings. The molecule has 0 heterocycles. The summed E-state index contributed by atoms with van der Waals surface area (Å²) in [5, 5.41) is 2.78. The molecule has 0 radical (unpaired) electrons.